The van der Waals surface area contributed by atoms with Gasteiger partial charge in [0.1, 0.15) is 5.01 Å². The number of methoxy groups -OCH3 is 1. The number of benzene rings is 1. The first kappa shape index (κ1) is 21.8. The second-order valence-electron chi connectivity index (χ2n) is 5.92. The Morgan fingerprint density at radius 3 is 2.46 bits per heavy atom. The van der Waals surface area contributed by atoms with E-state index in [1.54, 1.807) is 30.5 Å². The molecule has 0 amide bonds. The summed E-state index contributed by atoms with van der Waals surface area (Å²) < 4.78 is 46.9. The number of nitrogens with zero attached hydrogens (tertiary/aromatic N) is 2. The van der Waals surface area contributed by atoms with E-state index in [-0.39, 0.29) is 11.5 Å². The molecule has 0 aliphatic heterocycles. The van der Waals surface area contributed by atoms with E-state index in [1.165, 1.54) is 18.1 Å². The molecule has 10 heteroatoms. The molecule has 1 heterocycles. The van der Waals surface area contributed by atoms with Crippen molar-refractivity contribution in [2.45, 2.75) is 33.1 Å². The van der Waals surface area contributed by atoms with Gasteiger partial charge in [0.2, 0.25) is 0 Å². The highest BCUT2D eigenvalue weighted by Crippen LogP contribution is 2.29. The standard InChI is InChI=1S/C18H23F3N4O2S/c1-11-12(2)28-16(25-11)9-24-17(22-3)23-8-13-5-6-14(15(7-13)26-4)27-10-18(19,20)21/h5-7H,8-10H2,1-4H3,(H2,22,23,24). The van der Waals surface area contributed by atoms with Gasteiger partial charge >= 0.3 is 6.18 Å². The molecule has 2 rings (SSSR count). The number of nitrogens with one attached hydrogen (secondary N) is 2. The SMILES string of the molecule is CN=C(NCc1ccc(OCC(F)(F)F)c(OC)c1)NCc1nc(C)c(C)s1. The fourth-order valence-electron chi connectivity index (χ4n) is 2.28. The molecule has 2 N–H and O–H groups in total. The van der Waals surface area contributed by atoms with E-state index in [2.05, 4.69) is 20.6 Å². The van der Waals surface area contributed by atoms with Crippen LogP contribution in [0.5, 0.6) is 11.5 Å². The molecule has 0 radical (unpaired) electrons. The van der Waals surface area contributed by atoms with Crippen LogP contribution in [-0.4, -0.2) is 37.9 Å². The molecule has 0 saturated heterocycles. The van der Waals surface area contributed by atoms with E-state index in [0.717, 1.165) is 16.3 Å². The number of aliphatic imine (C=N–C) groups is 1. The second-order valence-corrected chi connectivity index (χ2v) is 7.21. The van der Waals surface area contributed by atoms with E-state index < -0.39 is 12.8 Å². The molecule has 0 bridgehead atoms. The highest BCUT2D eigenvalue weighted by molar-refractivity contribution is 7.11. The Kier molecular flexibility index (Phi) is 7.50. The minimum atomic E-state index is -4.40. The van der Waals surface area contributed by atoms with Crippen molar-refractivity contribution in [3.8, 4) is 11.5 Å². The summed E-state index contributed by atoms with van der Waals surface area (Å²) in [6, 6.07) is 4.75. The third-order valence-corrected chi connectivity index (χ3v) is 4.86. The molecule has 2 aromatic rings. The normalized spacial score (nSPS) is 12.0. The molecule has 28 heavy (non-hydrogen) atoms. The Morgan fingerprint density at radius 1 is 1.18 bits per heavy atom. The summed E-state index contributed by atoms with van der Waals surface area (Å²) in [7, 11) is 3.04. The fourth-order valence-corrected chi connectivity index (χ4v) is 3.15. The van der Waals surface area contributed by atoms with Crippen molar-refractivity contribution in [2.24, 2.45) is 4.99 Å². The fraction of sp³-hybridized carbons (Fsp3) is 0.444. The first-order chi connectivity index (χ1) is 13.2. The minimum absolute atomic E-state index is 0.0422. The number of hydrogen-bond donors (Lipinski definition) is 2. The van der Waals surface area contributed by atoms with Crippen LogP contribution >= 0.6 is 11.3 Å². The molecule has 1 aromatic carbocycles. The van der Waals surface area contributed by atoms with Gasteiger partial charge in [0.15, 0.2) is 24.1 Å². The lowest BCUT2D eigenvalue weighted by Gasteiger charge is -2.15. The number of hydrogen-bond acceptors (Lipinski definition) is 5. The summed E-state index contributed by atoms with van der Waals surface area (Å²) >= 11 is 1.63. The number of ether oxygens (including phenoxy) is 2. The summed E-state index contributed by atoms with van der Waals surface area (Å²) in [6.07, 6.45) is -4.40. The van der Waals surface area contributed by atoms with Crippen LogP contribution in [0.2, 0.25) is 0 Å². The monoisotopic (exact) mass is 416 g/mol. The number of alkyl halides is 3. The van der Waals surface area contributed by atoms with Gasteiger partial charge in [-0.2, -0.15) is 13.2 Å². The highest BCUT2D eigenvalue weighted by Gasteiger charge is 2.29. The molecule has 0 unspecified atom stereocenters. The molecule has 0 saturated carbocycles. The maximum atomic E-state index is 12.3. The van der Waals surface area contributed by atoms with Crippen LogP contribution in [0.1, 0.15) is 21.1 Å². The smallest absolute Gasteiger partial charge is 0.422 e. The van der Waals surface area contributed by atoms with Crippen LogP contribution in [0.4, 0.5) is 13.2 Å². The van der Waals surface area contributed by atoms with Gasteiger partial charge in [-0.1, -0.05) is 6.07 Å². The molecule has 6 nitrogen and oxygen atoms in total. The topological polar surface area (TPSA) is 67.8 Å². The van der Waals surface area contributed by atoms with Crippen LogP contribution in [0, 0.1) is 13.8 Å². The predicted octanol–water partition coefficient (Wildman–Crippen LogP) is 3.57. The Morgan fingerprint density at radius 2 is 1.89 bits per heavy atom. The number of aromatic nitrogens is 1. The van der Waals surface area contributed by atoms with Gasteiger partial charge in [-0.05, 0) is 31.5 Å². The number of aryl methyl sites for hydroxylation is 2. The van der Waals surface area contributed by atoms with Gasteiger partial charge in [0.25, 0.3) is 0 Å². The quantitative estimate of drug-likeness (QED) is 0.534. The average Bonchev–Trinajstić information content (AvgIpc) is 2.97. The van der Waals surface area contributed by atoms with Crippen molar-refractivity contribution in [3.05, 3.63) is 39.3 Å². The van der Waals surface area contributed by atoms with Gasteiger partial charge < -0.3 is 20.1 Å². The zero-order valence-corrected chi connectivity index (χ0v) is 16.9. The predicted molar refractivity (Wildman–Crippen MR) is 103 cm³/mol. The van der Waals surface area contributed by atoms with E-state index in [1.807, 2.05) is 13.8 Å². The van der Waals surface area contributed by atoms with Crippen LogP contribution in [-0.2, 0) is 13.1 Å². The number of thiazole rings is 1. The molecule has 154 valence electrons. The summed E-state index contributed by atoms with van der Waals surface area (Å²) in [4.78, 5) is 9.80. The van der Waals surface area contributed by atoms with Crippen molar-refractivity contribution >= 4 is 17.3 Å². The lowest BCUT2D eigenvalue weighted by molar-refractivity contribution is -0.153. The lowest BCUT2D eigenvalue weighted by Crippen LogP contribution is -2.36. The number of rotatable bonds is 7. The summed E-state index contributed by atoms with van der Waals surface area (Å²) in [6.45, 7) is 3.59. The Bertz CT molecular complexity index is 802. The third kappa shape index (κ3) is 6.59. The van der Waals surface area contributed by atoms with Crippen LogP contribution in [0.15, 0.2) is 23.2 Å². The summed E-state index contributed by atoms with van der Waals surface area (Å²) in [5.41, 5.74) is 1.82. The van der Waals surface area contributed by atoms with Crippen molar-refractivity contribution in [1.82, 2.24) is 15.6 Å². The molecule has 0 atom stereocenters. The maximum absolute atomic E-state index is 12.3. The van der Waals surface area contributed by atoms with Crippen molar-refractivity contribution in [3.63, 3.8) is 0 Å². The first-order valence-electron chi connectivity index (χ1n) is 8.45. The Hall–Kier alpha value is -2.49. The van der Waals surface area contributed by atoms with Gasteiger partial charge in [0, 0.05) is 18.5 Å². The highest BCUT2D eigenvalue weighted by atomic mass is 32.1. The number of halogens is 3. The van der Waals surface area contributed by atoms with Gasteiger partial charge in [-0.3, -0.25) is 4.99 Å². The molecule has 0 fully saturated rings. The maximum Gasteiger partial charge on any atom is 0.422 e. The van der Waals surface area contributed by atoms with Gasteiger partial charge in [-0.25, -0.2) is 4.98 Å². The second kappa shape index (κ2) is 9.63. The summed E-state index contributed by atoms with van der Waals surface area (Å²) in [5.74, 6) is 0.864. The third-order valence-electron chi connectivity index (χ3n) is 3.78. The van der Waals surface area contributed by atoms with Crippen LogP contribution < -0.4 is 20.1 Å². The van der Waals surface area contributed by atoms with Crippen molar-refractivity contribution in [1.29, 1.82) is 0 Å². The molecular formula is C18H23F3N4O2S. The molecule has 0 spiro atoms. The first-order valence-corrected chi connectivity index (χ1v) is 9.27. The minimum Gasteiger partial charge on any atom is -0.493 e. The largest absolute Gasteiger partial charge is 0.493 e. The van der Waals surface area contributed by atoms with Gasteiger partial charge in [-0.15, -0.1) is 11.3 Å². The molecule has 0 aliphatic carbocycles. The zero-order chi connectivity index (χ0) is 20.7. The van der Waals surface area contributed by atoms with Crippen molar-refractivity contribution < 1.29 is 22.6 Å². The van der Waals surface area contributed by atoms with E-state index >= 15 is 0 Å². The zero-order valence-electron chi connectivity index (χ0n) is 16.1. The molecular weight excluding hydrogens is 393 g/mol. The number of guanidine groups is 1. The van der Waals surface area contributed by atoms with E-state index in [0.29, 0.717) is 19.0 Å². The summed E-state index contributed by atoms with van der Waals surface area (Å²) in [5, 5.41) is 7.29. The Labute approximate surface area is 165 Å². The van der Waals surface area contributed by atoms with Gasteiger partial charge in [0.05, 0.1) is 19.3 Å². The van der Waals surface area contributed by atoms with Crippen LogP contribution in [0.25, 0.3) is 0 Å². The molecule has 0 aliphatic rings. The van der Waals surface area contributed by atoms with Crippen molar-refractivity contribution in [2.75, 3.05) is 20.8 Å². The van der Waals surface area contributed by atoms with Crippen LogP contribution in [0.3, 0.4) is 0 Å². The van der Waals surface area contributed by atoms with E-state index in [4.69, 9.17) is 9.47 Å². The Balaban J connectivity index is 1.92. The lowest BCUT2D eigenvalue weighted by atomic mass is 10.2. The molecule has 1 aromatic heterocycles. The average molecular weight is 416 g/mol. The van der Waals surface area contributed by atoms with E-state index in [9.17, 15) is 13.2 Å².